The van der Waals surface area contributed by atoms with E-state index < -0.39 is 5.82 Å². The smallest absolute Gasteiger partial charge is 0.261 e. The summed E-state index contributed by atoms with van der Waals surface area (Å²) in [5.41, 5.74) is 1.13. The third kappa shape index (κ3) is 2.29. The normalized spacial score (nSPS) is 13.6. The molecule has 1 N–H and O–H groups in total. The zero-order valence-corrected chi connectivity index (χ0v) is 12.4. The van der Waals surface area contributed by atoms with E-state index in [0.29, 0.717) is 21.3 Å². The Bertz CT molecular complexity index is 779. The Labute approximate surface area is 127 Å². The van der Waals surface area contributed by atoms with Crippen molar-refractivity contribution < 1.29 is 14.0 Å². The lowest BCUT2D eigenvalue weighted by Gasteiger charge is -2.07. The van der Waals surface area contributed by atoms with Crippen molar-refractivity contribution in [3.63, 3.8) is 0 Å². The molecule has 0 spiro atoms. The van der Waals surface area contributed by atoms with Gasteiger partial charge in [-0.15, -0.1) is 0 Å². The molecule has 1 aromatic heterocycles. The lowest BCUT2D eigenvalue weighted by atomic mass is 10.1. The summed E-state index contributed by atoms with van der Waals surface area (Å²) >= 11 is 3.13. The van der Waals surface area contributed by atoms with Crippen molar-refractivity contribution in [1.82, 2.24) is 9.88 Å². The van der Waals surface area contributed by atoms with Crippen LogP contribution < -0.4 is 5.32 Å². The first-order chi connectivity index (χ1) is 9.97. The van der Waals surface area contributed by atoms with Gasteiger partial charge in [-0.3, -0.25) is 14.5 Å². The molecule has 0 atom stereocenters. The van der Waals surface area contributed by atoms with Gasteiger partial charge in [0.05, 0.1) is 11.1 Å². The molecule has 0 bridgehead atoms. The van der Waals surface area contributed by atoms with Gasteiger partial charge in [-0.05, 0) is 40.2 Å². The zero-order chi connectivity index (χ0) is 15.1. The van der Waals surface area contributed by atoms with Gasteiger partial charge in [-0.25, -0.2) is 9.37 Å². The predicted octanol–water partition coefficient (Wildman–Crippen LogP) is 2.95. The molecule has 1 aromatic carbocycles. The van der Waals surface area contributed by atoms with E-state index in [9.17, 15) is 14.0 Å². The highest BCUT2D eigenvalue weighted by molar-refractivity contribution is 9.10. The number of halogens is 2. The van der Waals surface area contributed by atoms with Crippen molar-refractivity contribution in [2.24, 2.45) is 0 Å². The van der Waals surface area contributed by atoms with Crippen LogP contribution in [-0.4, -0.2) is 28.7 Å². The molecule has 1 aliphatic heterocycles. The van der Waals surface area contributed by atoms with Gasteiger partial charge in [0.25, 0.3) is 11.8 Å². The number of nitrogens with zero attached hydrogens (tertiary/aromatic N) is 2. The highest BCUT2D eigenvalue weighted by atomic mass is 79.9. The van der Waals surface area contributed by atoms with Gasteiger partial charge in [0.1, 0.15) is 0 Å². The van der Waals surface area contributed by atoms with Crippen molar-refractivity contribution in [3.8, 4) is 0 Å². The number of hydrogen-bond donors (Lipinski definition) is 1. The maximum atomic E-state index is 13.7. The molecular formula is C14H9BrFN3O2. The van der Waals surface area contributed by atoms with Crippen LogP contribution >= 0.6 is 15.9 Å². The minimum absolute atomic E-state index is 0.0447. The molecule has 0 radical (unpaired) electrons. The van der Waals surface area contributed by atoms with Crippen LogP contribution in [0.1, 0.15) is 20.7 Å². The second-order valence-corrected chi connectivity index (χ2v) is 5.45. The number of benzene rings is 1. The number of imide groups is 1. The van der Waals surface area contributed by atoms with E-state index in [1.54, 1.807) is 6.07 Å². The van der Waals surface area contributed by atoms with Crippen LogP contribution in [0.4, 0.5) is 15.9 Å². The van der Waals surface area contributed by atoms with Crippen molar-refractivity contribution in [2.75, 3.05) is 12.4 Å². The van der Waals surface area contributed by atoms with Gasteiger partial charge in [0.15, 0.2) is 11.6 Å². The van der Waals surface area contributed by atoms with Crippen LogP contribution in [0.5, 0.6) is 0 Å². The van der Waals surface area contributed by atoms with E-state index in [2.05, 4.69) is 26.2 Å². The van der Waals surface area contributed by atoms with Crippen molar-refractivity contribution in [1.29, 1.82) is 0 Å². The van der Waals surface area contributed by atoms with Crippen LogP contribution in [0.2, 0.25) is 0 Å². The molecule has 21 heavy (non-hydrogen) atoms. The van der Waals surface area contributed by atoms with Crippen molar-refractivity contribution in [2.45, 2.75) is 0 Å². The molecule has 0 saturated carbocycles. The fourth-order valence-corrected chi connectivity index (χ4v) is 2.39. The van der Waals surface area contributed by atoms with E-state index in [4.69, 9.17) is 0 Å². The second kappa shape index (κ2) is 4.92. The number of nitrogens with one attached hydrogen (secondary N) is 1. The molecular weight excluding hydrogens is 341 g/mol. The Morgan fingerprint density at radius 2 is 1.90 bits per heavy atom. The first-order valence-electron chi connectivity index (χ1n) is 6.02. The maximum Gasteiger partial charge on any atom is 0.261 e. The molecule has 106 valence electrons. The van der Waals surface area contributed by atoms with Crippen LogP contribution in [-0.2, 0) is 0 Å². The van der Waals surface area contributed by atoms with Gasteiger partial charge in [0.2, 0.25) is 0 Å². The third-order valence-corrected chi connectivity index (χ3v) is 3.59. The van der Waals surface area contributed by atoms with Crippen LogP contribution in [0.15, 0.2) is 34.9 Å². The maximum absolute atomic E-state index is 13.7. The first kappa shape index (κ1) is 13.7. The minimum atomic E-state index is -0.524. The van der Waals surface area contributed by atoms with Gasteiger partial charge in [0, 0.05) is 23.4 Å². The average molecular weight is 350 g/mol. The lowest BCUT2D eigenvalue weighted by molar-refractivity contribution is 0.0693. The lowest BCUT2D eigenvalue weighted by Crippen LogP contribution is -2.24. The van der Waals surface area contributed by atoms with Gasteiger partial charge in [-0.2, -0.15) is 0 Å². The summed E-state index contributed by atoms with van der Waals surface area (Å²) in [4.78, 5) is 28.6. The van der Waals surface area contributed by atoms with E-state index in [1.807, 2.05) is 0 Å². The summed E-state index contributed by atoms with van der Waals surface area (Å²) in [6.07, 6.45) is 1.46. The zero-order valence-electron chi connectivity index (χ0n) is 10.9. The second-order valence-electron chi connectivity index (χ2n) is 4.54. The Morgan fingerprint density at radius 1 is 1.19 bits per heavy atom. The molecule has 2 amide bonds. The highest BCUT2D eigenvalue weighted by Gasteiger charge is 2.32. The molecule has 0 fully saturated rings. The van der Waals surface area contributed by atoms with Crippen LogP contribution in [0, 0.1) is 5.82 Å². The van der Waals surface area contributed by atoms with Gasteiger partial charge < -0.3 is 5.32 Å². The van der Waals surface area contributed by atoms with E-state index in [0.717, 1.165) is 4.90 Å². The molecule has 1 aliphatic rings. The van der Waals surface area contributed by atoms with Crippen molar-refractivity contribution >= 4 is 39.2 Å². The van der Waals surface area contributed by atoms with Gasteiger partial charge in [-0.1, -0.05) is 0 Å². The molecule has 7 heteroatoms. The molecule has 2 aromatic rings. The Balaban J connectivity index is 1.95. The Morgan fingerprint density at radius 3 is 2.62 bits per heavy atom. The summed E-state index contributed by atoms with van der Waals surface area (Å²) in [7, 11) is 1.42. The fourth-order valence-electron chi connectivity index (χ4n) is 2.08. The third-order valence-electron chi connectivity index (χ3n) is 3.16. The minimum Gasteiger partial charge on any atom is -0.338 e. The molecule has 0 aliphatic carbocycles. The number of pyridine rings is 1. The predicted molar refractivity (Wildman–Crippen MR) is 78.0 cm³/mol. The summed E-state index contributed by atoms with van der Waals surface area (Å²) in [5, 5.41) is 2.79. The number of carbonyl (C=O) groups excluding carboxylic acids is 2. The largest absolute Gasteiger partial charge is 0.338 e. The van der Waals surface area contributed by atoms with Crippen LogP contribution in [0.25, 0.3) is 0 Å². The molecule has 0 saturated heterocycles. The standard InChI is InChI=1S/C14H9BrFN3O2/c1-19-13(20)9-3-2-8(5-10(9)14(19)21)18-12-11(16)4-7(15)6-17-12/h2-6H,1H3,(H,17,18). The Kier molecular flexibility index (Phi) is 3.21. The number of carbonyl (C=O) groups is 2. The van der Waals surface area contributed by atoms with Crippen LogP contribution in [0.3, 0.4) is 0 Å². The van der Waals surface area contributed by atoms with E-state index in [-0.39, 0.29) is 17.6 Å². The van der Waals surface area contributed by atoms with Crippen molar-refractivity contribution in [3.05, 3.63) is 51.9 Å². The molecule has 3 rings (SSSR count). The first-order valence-corrected chi connectivity index (χ1v) is 6.81. The summed E-state index contributed by atoms with van der Waals surface area (Å²) < 4.78 is 14.3. The molecule has 5 nitrogen and oxygen atoms in total. The Hall–Kier alpha value is -2.28. The molecule has 0 unspecified atom stereocenters. The summed E-state index contributed by atoms with van der Waals surface area (Å²) in [5.74, 6) is -1.19. The number of fused-ring (bicyclic) bond motifs is 1. The summed E-state index contributed by atoms with van der Waals surface area (Å²) in [6, 6.07) is 5.94. The number of anilines is 2. The summed E-state index contributed by atoms with van der Waals surface area (Å²) in [6.45, 7) is 0. The number of rotatable bonds is 2. The number of aromatic nitrogens is 1. The fraction of sp³-hybridized carbons (Fsp3) is 0.0714. The number of amides is 2. The van der Waals surface area contributed by atoms with E-state index in [1.165, 1.54) is 31.4 Å². The number of hydrogen-bond acceptors (Lipinski definition) is 4. The monoisotopic (exact) mass is 349 g/mol. The SMILES string of the molecule is CN1C(=O)c2ccc(Nc3ncc(Br)cc3F)cc2C1=O. The average Bonchev–Trinajstić information content (AvgIpc) is 2.67. The topological polar surface area (TPSA) is 62.3 Å². The highest BCUT2D eigenvalue weighted by Crippen LogP contribution is 2.27. The quantitative estimate of drug-likeness (QED) is 0.846. The molecule has 2 heterocycles. The van der Waals surface area contributed by atoms with E-state index >= 15 is 0 Å². The van der Waals surface area contributed by atoms with Gasteiger partial charge >= 0.3 is 0 Å².